The van der Waals surface area contributed by atoms with Crippen molar-refractivity contribution in [2.24, 2.45) is 5.92 Å². The molecule has 0 aliphatic heterocycles. The minimum Gasteiger partial charge on any atom is -0.294 e. The molecule has 0 saturated heterocycles. The zero-order chi connectivity index (χ0) is 14.6. The first kappa shape index (κ1) is 15.9. The number of hydrogen-bond donors (Lipinski definition) is 0. The summed E-state index contributed by atoms with van der Waals surface area (Å²) in [5, 5.41) is 0. The van der Waals surface area contributed by atoms with E-state index in [1.54, 1.807) is 0 Å². The lowest BCUT2D eigenvalue weighted by atomic mass is 9.84. The first-order valence-electron chi connectivity index (χ1n) is 7.55. The third kappa shape index (κ3) is 3.46. The fraction of sp³-hybridized carbons (Fsp3) is 0.611. The zero-order valence-corrected chi connectivity index (χ0v) is 13.4. The highest BCUT2D eigenvalue weighted by molar-refractivity contribution is 6.01. The second-order valence-corrected chi connectivity index (χ2v) is 5.75. The number of Topliss-reactive ketones (excluding diaryl/α,β-unsaturated/α-hetero) is 1. The Morgan fingerprint density at radius 1 is 1.05 bits per heavy atom. The van der Waals surface area contributed by atoms with E-state index in [0.29, 0.717) is 5.78 Å². The number of carbonyl (C=O) groups is 1. The molecule has 0 N–H and O–H groups in total. The van der Waals surface area contributed by atoms with E-state index >= 15 is 0 Å². The van der Waals surface area contributed by atoms with Gasteiger partial charge in [-0.3, -0.25) is 4.79 Å². The number of aryl methyl sites for hydroxylation is 2. The molecule has 1 aromatic carbocycles. The highest BCUT2D eigenvalue weighted by Crippen LogP contribution is 2.27. The van der Waals surface area contributed by atoms with Gasteiger partial charge in [0.2, 0.25) is 0 Å². The van der Waals surface area contributed by atoms with Crippen LogP contribution >= 0.6 is 0 Å². The Kier molecular flexibility index (Phi) is 5.78. The van der Waals surface area contributed by atoms with E-state index in [4.69, 9.17) is 0 Å². The molecule has 0 aliphatic carbocycles. The summed E-state index contributed by atoms with van der Waals surface area (Å²) >= 11 is 0. The summed E-state index contributed by atoms with van der Waals surface area (Å²) in [6, 6.07) is 2.19. The van der Waals surface area contributed by atoms with Crippen LogP contribution in [0, 0.1) is 33.6 Å². The van der Waals surface area contributed by atoms with Gasteiger partial charge in [-0.2, -0.15) is 0 Å². The van der Waals surface area contributed by atoms with Crippen LogP contribution in [0.3, 0.4) is 0 Å². The van der Waals surface area contributed by atoms with Crippen molar-refractivity contribution in [2.45, 2.75) is 67.2 Å². The maximum atomic E-state index is 12.8. The van der Waals surface area contributed by atoms with Crippen LogP contribution in [0.5, 0.6) is 0 Å². The van der Waals surface area contributed by atoms with E-state index in [9.17, 15) is 4.79 Å². The summed E-state index contributed by atoms with van der Waals surface area (Å²) in [4.78, 5) is 12.8. The van der Waals surface area contributed by atoms with Crippen molar-refractivity contribution in [3.05, 3.63) is 33.9 Å². The summed E-state index contributed by atoms with van der Waals surface area (Å²) in [5.41, 5.74) is 5.79. The molecule has 1 unspecified atom stereocenters. The fourth-order valence-corrected chi connectivity index (χ4v) is 2.76. The highest BCUT2D eigenvalue weighted by Gasteiger charge is 2.22. The third-order valence-electron chi connectivity index (χ3n) is 4.38. The van der Waals surface area contributed by atoms with Crippen LogP contribution in [0.15, 0.2) is 6.07 Å². The smallest absolute Gasteiger partial charge is 0.166 e. The van der Waals surface area contributed by atoms with Gasteiger partial charge in [0.1, 0.15) is 0 Å². The summed E-state index contributed by atoms with van der Waals surface area (Å²) in [6.07, 6.45) is 4.28. The largest absolute Gasteiger partial charge is 0.294 e. The second kappa shape index (κ2) is 6.88. The Hall–Kier alpha value is -1.11. The van der Waals surface area contributed by atoms with Crippen LogP contribution in [-0.4, -0.2) is 5.78 Å². The normalized spacial score (nSPS) is 12.5. The number of unbranched alkanes of at least 4 members (excludes halogenated alkanes) is 1. The predicted octanol–water partition coefficient (Wildman–Crippen LogP) is 5.32. The van der Waals surface area contributed by atoms with Crippen molar-refractivity contribution in [3.63, 3.8) is 0 Å². The molecule has 1 nitrogen and oxygen atoms in total. The minimum atomic E-state index is 0.193. The zero-order valence-electron chi connectivity index (χ0n) is 13.4. The van der Waals surface area contributed by atoms with Gasteiger partial charge in [-0.1, -0.05) is 32.8 Å². The van der Waals surface area contributed by atoms with Gasteiger partial charge >= 0.3 is 0 Å². The number of hydrogen-bond acceptors (Lipinski definition) is 1. The Morgan fingerprint density at radius 2 is 1.58 bits per heavy atom. The van der Waals surface area contributed by atoms with Crippen LogP contribution in [0.25, 0.3) is 0 Å². The maximum Gasteiger partial charge on any atom is 0.166 e. The standard InChI is InChI=1S/C18H28O/c1-7-9-10-16(8-2)18(19)17-14(5)12(3)11-13(4)15(17)6/h11,16H,7-10H2,1-6H3. The Balaban J connectivity index is 3.17. The van der Waals surface area contributed by atoms with Gasteiger partial charge in [-0.25, -0.2) is 0 Å². The average Bonchev–Trinajstić information content (AvgIpc) is 2.37. The van der Waals surface area contributed by atoms with Crippen molar-refractivity contribution in [1.29, 1.82) is 0 Å². The first-order valence-corrected chi connectivity index (χ1v) is 7.55. The number of carbonyl (C=O) groups excluding carboxylic acids is 1. The highest BCUT2D eigenvalue weighted by atomic mass is 16.1. The van der Waals surface area contributed by atoms with Gasteiger partial charge in [-0.05, 0) is 62.8 Å². The predicted molar refractivity (Wildman–Crippen MR) is 83.0 cm³/mol. The maximum absolute atomic E-state index is 12.8. The van der Waals surface area contributed by atoms with Crippen LogP contribution in [0.2, 0.25) is 0 Å². The van der Waals surface area contributed by atoms with E-state index in [2.05, 4.69) is 47.6 Å². The molecule has 1 atom stereocenters. The molecule has 0 aliphatic rings. The van der Waals surface area contributed by atoms with Crippen molar-refractivity contribution < 1.29 is 4.79 Å². The molecule has 0 amide bonds. The Morgan fingerprint density at radius 3 is 2.00 bits per heavy atom. The Labute approximate surface area is 118 Å². The lowest BCUT2D eigenvalue weighted by molar-refractivity contribution is 0.0906. The molecule has 0 heterocycles. The molecular formula is C18H28O. The third-order valence-corrected chi connectivity index (χ3v) is 4.38. The van der Waals surface area contributed by atoms with Gasteiger partial charge in [0.15, 0.2) is 5.78 Å². The molecule has 0 radical (unpaired) electrons. The molecule has 1 aromatic rings. The minimum absolute atomic E-state index is 0.193. The second-order valence-electron chi connectivity index (χ2n) is 5.75. The SMILES string of the molecule is CCCCC(CC)C(=O)c1c(C)c(C)cc(C)c1C. The molecule has 19 heavy (non-hydrogen) atoms. The van der Waals surface area contributed by atoms with Crippen molar-refractivity contribution in [3.8, 4) is 0 Å². The van der Waals surface area contributed by atoms with Gasteiger partial charge in [0, 0.05) is 11.5 Å². The molecule has 0 saturated carbocycles. The monoisotopic (exact) mass is 260 g/mol. The van der Waals surface area contributed by atoms with E-state index in [1.807, 2.05) is 0 Å². The molecule has 1 heteroatoms. The number of ketones is 1. The first-order chi connectivity index (χ1) is 8.93. The van der Waals surface area contributed by atoms with Crippen LogP contribution in [0.4, 0.5) is 0 Å². The van der Waals surface area contributed by atoms with Gasteiger partial charge in [0.25, 0.3) is 0 Å². The van der Waals surface area contributed by atoms with E-state index in [-0.39, 0.29) is 5.92 Å². The van der Waals surface area contributed by atoms with Crippen molar-refractivity contribution in [2.75, 3.05) is 0 Å². The Bertz CT molecular complexity index is 431. The van der Waals surface area contributed by atoms with E-state index < -0.39 is 0 Å². The van der Waals surface area contributed by atoms with Crippen LogP contribution in [-0.2, 0) is 0 Å². The summed E-state index contributed by atoms with van der Waals surface area (Å²) in [5.74, 6) is 0.552. The van der Waals surface area contributed by atoms with Crippen LogP contribution < -0.4 is 0 Å². The molecule has 106 valence electrons. The van der Waals surface area contributed by atoms with E-state index in [1.165, 1.54) is 22.3 Å². The van der Waals surface area contributed by atoms with Crippen LogP contribution in [0.1, 0.15) is 72.1 Å². The van der Waals surface area contributed by atoms with Crippen molar-refractivity contribution >= 4 is 5.78 Å². The topological polar surface area (TPSA) is 17.1 Å². The quantitative estimate of drug-likeness (QED) is 0.633. The van der Waals surface area contributed by atoms with Gasteiger partial charge in [0.05, 0.1) is 0 Å². The van der Waals surface area contributed by atoms with E-state index in [0.717, 1.165) is 31.2 Å². The average molecular weight is 260 g/mol. The number of benzene rings is 1. The molecule has 0 bridgehead atoms. The fourth-order valence-electron chi connectivity index (χ4n) is 2.76. The molecule has 1 rings (SSSR count). The summed E-state index contributed by atoms with van der Waals surface area (Å²) < 4.78 is 0. The molecular weight excluding hydrogens is 232 g/mol. The summed E-state index contributed by atoms with van der Waals surface area (Å²) in [7, 11) is 0. The lowest BCUT2D eigenvalue weighted by Gasteiger charge is -2.19. The number of rotatable bonds is 6. The molecule has 0 aromatic heterocycles. The van der Waals surface area contributed by atoms with Gasteiger partial charge in [-0.15, -0.1) is 0 Å². The molecule has 0 fully saturated rings. The van der Waals surface area contributed by atoms with Gasteiger partial charge < -0.3 is 0 Å². The summed E-state index contributed by atoms with van der Waals surface area (Å²) in [6.45, 7) is 12.7. The molecule has 0 spiro atoms. The van der Waals surface area contributed by atoms with Crippen molar-refractivity contribution in [1.82, 2.24) is 0 Å². The lowest BCUT2D eigenvalue weighted by Crippen LogP contribution is -2.17.